The zero-order valence-corrected chi connectivity index (χ0v) is 20.9. The molecular weight excluding hydrogens is 446 g/mol. The lowest BCUT2D eigenvalue weighted by molar-refractivity contribution is -0.125. The van der Waals surface area contributed by atoms with E-state index in [0.29, 0.717) is 48.6 Å². The largest absolute Gasteiger partial charge is 0.497 e. The first-order valence-corrected chi connectivity index (χ1v) is 12.1. The molecule has 35 heavy (non-hydrogen) atoms. The topological polar surface area (TPSA) is 97.0 Å². The van der Waals surface area contributed by atoms with Gasteiger partial charge in [-0.2, -0.15) is 0 Å². The Balaban J connectivity index is 1.73. The lowest BCUT2D eigenvalue weighted by Gasteiger charge is -2.36. The molecule has 2 N–H and O–H groups in total. The second kappa shape index (κ2) is 12.2. The number of nitrogens with one attached hydrogen (secondary N) is 2. The number of para-hydroxylation sites is 1. The van der Waals surface area contributed by atoms with Gasteiger partial charge in [-0.3, -0.25) is 14.4 Å². The van der Waals surface area contributed by atoms with Crippen molar-refractivity contribution in [1.29, 1.82) is 0 Å². The van der Waals surface area contributed by atoms with Gasteiger partial charge in [0.25, 0.3) is 11.8 Å². The maximum absolute atomic E-state index is 13.2. The predicted molar refractivity (Wildman–Crippen MR) is 134 cm³/mol. The number of hydrogen-bond acceptors (Lipinski definition) is 5. The quantitative estimate of drug-likeness (QED) is 0.573. The van der Waals surface area contributed by atoms with Crippen molar-refractivity contribution in [2.45, 2.75) is 45.2 Å². The van der Waals surface area contributed by atoms with Crippen LogP contribution in [0, 0.1) is 5.92 Å². The number of likely N-dealkylation sites (tertiary alicyclic amines) is 1. The van der Waals surface area contributed by atoms with E-state index in [-0.39, 0.29) is 29.7 Å². The molecule has 3 rings (SSSR count). The van der Waals surface area contributed by atoms with Crippen LogP contribution in [0.3, 0.4) is 0 Å². The molecule has 0 bridgehead atoms. The van der Waals surface area contributed by atoms with E-state index in [1.54, 1.807) is 55.5 Å². The fourth-order valence-corrected chi connectivity index (χ4v) is 4.25. The Morgan fingerprint density at radius 1 is 1.00 bits per heavy atom. The van der Waals surface area contributed by atoms with Gasteiger partial charge in [0.15, 0.2) is 0 Å². The summed E-state index contributed by atoms with van der Waals surface area (Å²) >= 11 is 0. The summed E-state index contributed by atoms with van der Waals surface area (Å²) in [6.07, 6.45) is 1.98. The number of ether oxygens (including phenoxy) is 2. The zero-order valence-electron chi connectivity index (χ0n) is 20.9. The minimum atomic E-state index is -0.703. The summed E-state index contributed by atoms with van der Waals surface area (Å²) in [4.78, 5) is 41.1. The highest BCUT2D eigenvalue weighted by molar-refractivity contribution is 5.98. The maximum Gasteiger partial charge on any atom is 0.257 e. The van der Waals surface area contributed by atoms with E-state index < -0.39 is 6.04 Å². The van der Waals surface area contributed by atoms with Crippen molar-refractivity contribution in [2.75, 3.05) is 27.3 Å². The highest BCUT2D eigenvalue weighted by atomic mass is 16.5. The number of nitrogens with zero attached hydrogens (tertiary/aromatic N) is 1. The van der Waals surface area contributed by atoms with Crippen molar-refractivity contribution < 1.29 is 23.9 Å². The number of rotatable bonds is 9. The average molecular weight is 482 g/mol. The molecule has 8 heteroatoms. The maximum atomic E-state index is 13.2. The normalized spacial score (nSPS) is 15.6. The van der Waals surface area contributed by atoms with Crippen LogP contribution in [0.25, 0.3) is 0 Å². The Kier molecular flexibility index (Phi) is 9.11. The van der Waals surface area contributed by atoms with Crippen LogP contribution in [-0.4, -0.2) is 62.0 Å². The fraction of sp³-hybridized carbons (Fsp3) is 0.444. The van der Waals surface area contributed by atoms with Crippen LogP contribution in [0.2, 0.25) is 0 Å². The molecule has 2 atom stereocenters. The smallest absolute Gasteiger partial charge is 0.257 e. The van der Waals surface area contributed by atoms with Gasteiger partial charge in [-0.1, -0.05) is 25.1 Å². The standard InChI is InChI=1S/C27H35N3O5/c1-5-18(2)28-26(32)24(29-25(31)20-9-8-10-21(17-20)34-3)19-13-15-30(16-14-19)27(33)22-11-6-7-12-23(22)35-4/h6-12,17-19,24H,5,13-16H2,1-4H3,(H,28,32)(H,29,31). The van der Waals surface area contributed by atoms with Crippen molar-refractivity contribution in [3.8, 4) is 11.5 Å². The first-order chi connectivity index (χ1) is 16.9. The van der Waals surface area contributed by atoms with E-state index in [0.717, 1.165) is 6.42 Å². The number of benzene rings is 2. The Hall–Kier alpha value is -3.55. The lowest BCUT2D eigenvalue weighted by atomic mass is 9.88. The second-order valence-electron chi connectivity index (χ2n) is 8.83. The second-order valence-corrected chi connectivity index (χ2v) is 8.83. The predicted octanol–water partition coefficient (Wildman–Crippen LogP) is 3.27. The summed E-state index contributed by atoms with van der Waals surface area (Å²) in [5, 5.41) is 5.95. The summed E-state index contributed by atoms with van der Waals surface area (Å²) in [6, 6.07) is 13.3. The Morgan fingerprint density at radius 3 is 2.37 bits per heavy atom. The highest BCUT2D eigenvalue weighted by Crippen LogP contribution is 2.26. The molecule has 0 saturated carbocycles. The van der Waals surface area contributed by atoms with E-state index in [2.05, 4.69) is 10.6 Å². The van der Waals surface area contributed by atoms with Crippen molar-refractivity contribution in [3.05, 3.63) is 59.7 Å². The lowest BCUT2D eigenvalue weighted by Crippen LogP contribution is -2.55. The third-order valence-electron chi connectivity index (χ3n) is 6.54. The molecule has 3 amide bonds. The molecule has 188 valence electrons. The third kappa shape index (κ3) is 6.53. The number of piperidine rings is 1. The van der Waals surface area contributed by atoms with Gasteiger partial charge in [-0.05, 0) is 62.4 Å². The minimum absolute atomic E-state index is 0.00839. The van der Waals surface area contributed by atoms with Crippen molar-refractivity contribution in [1.82, 2.24) is 15.5 Å². The van der Waals surface area contributed by atoms with Gasteiger partial charge in [0.2, 0.25) is 5.91 Å². The van der Waals surface area contributed by atoms with Crippen LogP contribution < -0.4 is 20.1 Å². The molecule has 1 aliphatic heterocycles. The fourth-order valence-electron chi connectivity index (χ4n) is 4.25. The minimum Gasteiger partial charge on any atom is -0.497 e. The molecular formula is C27H35N3O5. The molecule has 1 heterocycles. The molecule has 0 spiro atoms. The summed E-state index contributed by atoms with van der Waals surface area (Å²) in [5.74, 6) is 0.375. The van der Waals surface area contributed by atoms with Crippen LogP contribution in [-0.2, 0) is 4.79 Å². The number of methoxy groups -OCH3 is 2. The Labute approximate surface area is 207 Å². The van der Waals surface area contributed by atoms with Gasteiger partial charge in [0, 0.05) is 24.7 Å². The number of carbonyl (C=O) groups is 3. The molecule has 2 unspecified atom stereocenters. The van der Waals surface area contributed by atoms with Crippen molar-refractivity contribution in [2.24, 2.45) is 5.92 Å². The van der Waals surface area contributed by atoms with Gasteiger partial charge < -0.3 is 25.0 Å². The van der Waals surface area contributed by atoms with Gasteiger partial charge in [-0.15, -0.1) is 0 Å². The van der Waals surface area contributed by atoms with Crippen molar-refractivity contribution in [3.63, 3.8) is 0 Å². The van der Waals surface area contributed by atoms with Gasteiger partial charge >= 0.3 is 0 Å². The molecule has 1 saturated heterocycles. The van der Waals surface area contributed by atoms with Crippen LogP contribution >= 0.6 is 0 Å². The Bertz CT molecular complexity index is 1030. The number of hydrogen-bond donors (Lipinski definition) is 2. The summed E-state index contributed by atoms with van der Waals surface area (Å²) in [6.45, 7) is 4.91. The van der Waals surface area contributed by atoms with Crippen LogP contribution in [0.5, 0.6) is 11.5 Å². The van der Waals surface area contributed by atoms with Crippen molar-refractivity contribution >= 4 is 17.7 Å². The third-order valence-corrected chi connectivity index (χ3v) is 6.54. The molecule has 8 nitrogen and oxygen atoms in total. The molecule has 0 aliphatic carbocycles. The molecule has 1 fully saturated rings. The summed E-state index contributed by atoms with van der Waals surface area (Å²) in [5.41, 5.74) is 0.945. The first-order valence-electron chi connectivity index (χ1n) is 12.1. The average Bonchev–Trinajstić information content (AvgIpc) is 2.91. The summed E-state index contributed by atoms with van der Waals surface area (Å²) in [7, 11) is 3.09. The van der Waals surface area contributed by atoms with Gasteiger partial charge in [-0.25, -0.2) is 0 Å². The monoisotopic (exact) mass is 481 g/mol. The van der Waals surface area contributed by atoms with Crippen LogP contribution in [0.1, 0.15) is 53.8 Å². The van der Waals surface area contributed by atoms with E-state index in [4.69, 9.17) is 9.47 Å². The molecule has 0 radical (unpaired) electrons. The zero-order chi connectivity index (χ0) is 25.4. The first kappa shape index (κ1) is 26.1. The Morgan fingerprint density at radius 2 is 1.71 bits per heavy atom. The van der Waals surface area contributed by atoms with Gasteiger partial charge in [0.1, 0.15) is 17.5 Å². The molecule has 2 aromatic rings. The van der Waals surface area contributed by atoms with E-state index in [9.17, 15) is 14.4 Å². The van der Waals surface area contributed by atoms with E-state index in [1.807, 2.05) is 26.0 Å². The number of carbonyl (C=O) groups excluding carboxylic acids is 3. The van der Waals surface area contributed by atoms with Crippen LogP contribution in [0.15, 0.2) is 48.5 Å². The van der Waals surface area contributed by atoms with E-state index >= 15 is 0 Å². The molecule has 0 aromatic heterocycles. The summed E-state index contributed by atoms with van der Waals surface area (Å²) < 4.78 is 10.6. The number of amides is 3. The highest BCUT2D eigenvalue weighted by Gasteiger charge is 2.35. The van der Waals surface area contributed by atoms with Gasteiger partial charge in [0.05, 0.1) is 19.8 Å². The SMILES string of the molecule is CCC(C)NC(=O)C(NC(=O)c1cccc(OC)c1)C1CCN(C(=O)c2ccccc2OC)CC1. The van der Waals surface area contributed by atoms with Crippen LogP contribution in [0.4, 0.5) is 0 Å². The molecule has 1 aliphatic rings. The molecule has 2 aromatic carbocycles. The van der Waals surface area contributed by atoms with E-state index in [1.165, 1.54) is 0 Å².